The van der Waals surface area contributed by atoms with Gasteiger partial charge in [0.1, 0.15) is 5.60 Å². The summed E-state index contributed by atoms with van der Waals surface area (Å²) in [7, 11) is 0. The number of hydrogen-bond acceptors (Lipinski definition) is 4. The second-order valence-corrected chi connectivity index (χ2v) is 8.69. The summed E-state index contributed by atoms with van der Waals surface area (Å²) < 4.78 is 5.38. The number of nitrogens with one attached hydrogen (secondary N) is 2. The minimum absolute atomic E-state index is 0.0111. The molecule has 0 bridgehead atoms. The van der Waals surface area contributed by atoms with Gasteiger partial charge in [-0.05, 0) is 32.8 Å². The zero-order valence-electron chi connectivity index (χ0n) is 16.3. The molecule has 27 heavy (non-hydrogen) atoms. The van der Waals surface area contributed by atoms with Crippen molar-refractivity contribution in [2.75, 3.05) is 18.4 Å². The summed E-state index contributed by atoms with van der Waals surface area (Å²) >= 11 is 3.35. The van der Waals surface area contributed by atoms with Crippen molar-refractivity contribution in [3.8, 4) is 0 Å². The maximum Gasteiger partial charge on any atom is 0.407 e. The van der Waals surface area contributed by atoms with Crippen molar-refractivity contribution >= 4 is 27.9 Å². The first kappa shape index (κ1) is 21.7. The quantitative estimate of drug-likeness (QED) is 0.640. The topological polar surface area (TPSA) is 70.7 Å². The fourth-order valence-corrected chi connectivity index (χ4v) is 3.39. The molecule has 0 aromatic heterocycles. The van der Waals surface area contributed by atoms with Crippen LogP contribution in [0.1, 0.15) is 39.2 Å². The van der Waals surface area contributed by atoms with Crippen LogP contribution < -0.4 is 10.6 Å². The van der Waals surface area contributed by atoms with Gasteiger partial charge in [-0.1, -0.05) is 46.3 Å². The summed E-state index contributed by atoms with van der Waals surface area (Å²) in [6.45, 7) is 7.64. The third-order valence-electron chi connectivity index (χ3n) is 4.23. The molecular formula is C20H30BrN3O3. The van der Waals surface area contributed by atoms with Gasteiger partial charge in [-0.15, -0.1) is 0 Å². The summed E-state index contributed by atoms with van der Waals surface area (Å²) in [5, 5.41) is 6.81. The summed E-state index contributed by atoms with van der Waals surface area (Å²) in [6.07, 6.45) is 0.810. The molecule has 1 fully saturated rings. The van der Waals surface area contributed by atoms with E-state index in [0.29, 0.717) is 19.5 Å². The van der Waals surface area contributed by atoms with Crippen LogP contribution in [0, 0.1) is 0 Å². The van der Waals surface area contributed by atoms with E-state index in [1.807, 2.05) is 39.0 Å². The van der Waals surface area contributed by atoms with Gasteiger partial charge in [-0.2, -0.15) is 0 Å². The van der Waals surface area contributed by atoms with Crippen molar-refractivity contribution in [1.82, 2.24) is 15.5 Å². The molecule has 1 aliphatic rings. The number of nitrogens with zero attached hydrogens (tertiary/aromatic N) is 1. The Balaban J connectivity index is 1.99. The predicted molar refractivity (Wildman–Crippen MR) is 110 cm³/mol. The lowest BCUT2D eigenvalue weighted by Gasteiger charge is -2.24. The molecule has 0 spiro atoms. The first-order chi connectivity index (χ1) is 12.8. The summed E-state index contributed by atoms with van der Waals surface area (Å²) in [5.74, 6) is 0.0111. The third kappa shape index (κ3) is 7.89. The second-order valence-electron chi connectivity index (χ2n) is 7.90. The molecule has 2 unspecified atom stereocenters. The fourth-order valence-electron chi connectivity index (χ4n) is 3.11. The second kappa shape index (κ2) is 10.1. The van der Waals surface area contributed by atoms with Crippen LogP contribution in [0.5, 0.6) is 0 Å². The van der Waals surface area contributed by atoms with Crippen LogP contribution in [0.15, 0.2) is 30.3 Å². The Morgan fingerprint density at radius 2 is 1.78 bits per heavy atom. The number of ether oxygens (including phenoxy) is 1. The SMILES string of the molecule is CC(C)(C)OC(=O)NC1CN(Cc2ccccc2)CC1NC(=O)CCCBr. The molecule has 6 nitrogen and oxygen atoms in total. The summed E-state index contributed by atoms with van der Waals surface area (Å²) in [5.41, 5.74) is 0.654. The molecule has 150 valence electrons. The molecule has 1 aliphatic heterocycles. The molecule has 7 heteroatoms. The molecular weight excluding hydrogens is 410 g/mol. The van der Waals surface area contributed by atoms with Gasteiger partial charge in [0, 0.05) is 31.4 Å². The van der Waals surface area contributed by atoms with Crippen LogP contribution in [0.25, 0.3) is 0 Å². The third-order valence-corrected chi connectivity index (χ3v) is 4.79. The molecule has 1 heterocycles. The van der Waals surface area contributed by atoms with Crippen LogP contribution in [0.2, 0.25) is 0 Å². The molecule has 2 N–H and O–H groups in total. The van der Waals surface area contributed by atoms with Crippen molar-refractivity contribution in [2.24, 2.45) is 0 Å². The van der Waals surface area contributed by atoms with Crippen LogP contribution in [-0.4, -0.2) is 53.0 Å². The molecule has 2 atom stereocenters. The minimum atomic E-state index is -0.555. The summed E-state index contributed by atoms with van der Waals surface area (Å²) in [4.78, 5) is 26.6. The maximum atomic E-state index is 12.2. The zero-order valence-corrected chi connectivity index (χ0v) is 17.9. The van der Waals surface area contributed by atoms with Gasteiger partial charge < -0.3 is 15.4 Å². The average Bonchev–Trinajstić information content (AvgIpc) is 2.92. The Labute approximate surface area is 170 Å². The molecule has 2 rings (SSSR count). The Kier molecular flexibility index (Phi) is 8.10. The first-order valence-electron chi connectivity index (χ1n) is 9.38. The van der Waals surface area contributed by atoms with E-state index >= 15 is 0 Å². The number of amides is 2. The average molecular weight is 440 g/mol. The van der Waals surface area contributed by atoms with Gasteiger partial charge >= 0.3 is 6.09 Å². The molecule has 0 aliphatic carbocycles. The highest BCUT2D eigenvalue weighted by Crippen LogP contribution is 2.16. The highest BCUT2D eigenvalue weighted by atomic mass is 79.9. The van der Waals surface area contributed by atoms with Crippen LogP contribution >= 0.6 is 15.9 Å². The van der Waals surface area contributed by atoms with Gasteiger partial charge in [0.2, 0.25) is 5.91 Å². The smallest absolute Gasteiger partial charge is 0.407 e. The fraction of sp³-hybridized carbons (Fsp3) is 0.600. The van der Waals surface area contributed by atoms with Gasteiger partial charge in [0.05, 0.1) is 12.1 Å². The van der Waals surface area contributed by atoms with E-state index < -0.39 is 11.7 Å². The Morgan fingerprint density at radius 3 is 2.37 bits per heavy atom. The van der Waals surface area contributed by atoms with Crippen molar-refractivity contribution in [3.05, 3.63) is 35.9 Å². The molecule has 2 amide bonds. The number of alkyl carbamates (subject to hydrolysis) is 1. The standard InChI is InChI=1S/C20H30BrN3O3/c1-20(2,3)27-19(26)23-17-14-24(12-15-8-5-4-6-9-15)13-16(17)22-18(25)10-7-11-21/h4-6,8-9,16-17H,7,10-14H2,1-3H3,(H,22,25)(H,23,26). The highest BCUT2D eigenvalue weighted by molar-refractivity contribution is 9.09. The number of likely N-dealkylation sites (tertiary alicyclic amines) is 1. The normalized spacial score (nSPS) is 20.3. The van der Waals surface area contributed by atoms with Crippen molar-refractivity contribution < 1.29 is 14.3 Å². The number of alkyl halides is 1. The number of halogens is 1. The Hall–Kier alpha value is -1.60. The van der Waals surface area contributed by atoms with Crippen molar-refractivity contribution in [2.45, 2.75) is 57.8 Å². The monoisotopic (exact) mass is 439 g/mol. The zero-order chi connectivity index (χ0) is 19.9. The molecule has 1 saturated heterocycles. The molecule has 0 radical (unpaired) electrons. The van der Waals surface area contributed by atoms with E-state index in [-0.39, 0.29) is 18.0 Å². The molecule has 1 aromatic rings. The van der Waals surface area contributed by atoms with Crippen LogP contribution in [0.3, 0.4) is 0 Å². The largest absolute Gasteiger partial charge is 0.444 e. The number of carbonyl (C=O) groups is 2. The van der Waals surface area contributed by atoms with Crippen LogP contribution in [0.4, 0.5) is 4.79 Å². The highest BCUT2D eigenvalue weighted by Gasteiger charge is 2.35. The minimum Gasteiger partial charge on any atom is -0.444 e. The lowest BCUT2D eigenvalue weighted by atomic mass is 10.1. The van der Waals surface area contributed by atoms with E-state index in [4.69, 9.17) is 4.74 Å². The Morgan fingerprint density at radius 1 is 1.15 bits per heavy atom. The summed E-state index contributed by atoms with van der Waals surface area (Å²) in [6, 6.07) is 9.87. The predicted octanol–water partition coefficient (Wildman–Crippen LogP) is 3.06. The van der Waals surface area contributed by atoms with Crippen molar-refractivity contribution in [1.29, 1.82) is 0 Å². The number of carbonyl (C=O) groups excluding carboxylic acids is 2. The maximum absolute atomic E-state index is 12.2. The number of hydrogen-bond donors (Lipinski definition) is 2. The van der Waals surface area contributed by atoms with Crippen LogP contribution in [-0.2, 0) is 16.1 Å². The van der Waals surface area contributed by atoms with E-state index in [1.165, 1.54) is 5.56 Å². The van der Waals surface area contributed by atoms with E-state index in [9.17, 15) is 9.59 Å². The number of benzene rings is 1. The molecule has 0 saturated carbocycles. The Bertz CT molecular complexity index is 619. The van der Waals surface area contributed by atoms with Gasteiger partial charge in [0.15, 0.2) is 0 Å². The molecule has 1 aromatic carbocycles. The van der Waals surface area contributed by atoms with E-state index in [2.05, 4.69) is 43.6 Å². The van der Waals surface area contributed by atoms with Crippen molar-refractivity contribution in [3.63, 3.8) is 0 Å². The van der Waals surface area contributed by atoms with Gasteiger partial charge in [-0.3, -0.25) is 9.69 Å². The lowest BCUT2D eigenvalue weighted by Crippen LogP contribution is -2.51. The van der Waals surface area contributed by atoms with Gasteiger partial charge in [0.25, 0.3) is 0 Å². The van der Waals surface area contributed by atoms with E-state index in [1.54, 1.807) is 0 Å². The van der Waals surface area contributed by atoms with Gasteiger partial charge in [-0.25, -0.2) is 4.79 Å². The first-order valence-corrected chi connectivity index (χ1v) is 10.5. The number of rotatable bonds is 7. The lowest BCUT2D eigenvalue weighted by molar-refractivity contribution is -0.121. The van der Waals surface area contributed by atoms with E-state index in [0.717, 1.165) is 18.3 Å².